The normalized spacial score (nSPS) is 17.2. The van der Waals surface area contributed by atoms with Crippen molar-refractivity contribution in [3.63, 3.8) is 0 Å². The molecule has 3 rings (SSSR count). The molecule has 2 aromatic carbocycles. The summed E-state index contributed by atoms with van der Waals surface area (Å²) in [6.07, 6.45) is 1.96. The summed E-state index contributed by atoms with van der Waals surface area (Å²) in [6, 6.07) is 6.77. The van der Waals surface area contributed by atoms with E-state index < -0.39 is 23.1 Å². The van der Waals surface area contributed by atoms with Gasteiger partial charge in [0.15, 0.2) is 0 Å². The standard InChI is InChI=1S/C26H29ClF2N2O5/c1-3-35-26(34)16-4-7-18(8-5-16)36-19-13-21(28)23(22(29)14-19)25(33)31-11-10-30-24(32)17-6-9-20(27)15(2)12-17/h6,9,12-14,16,18H,3-5,7-8,10-11H2,1-2H3,(H,30,32)(H,31,33)/t16-,18+. The Morgan fingerprint density at radius 2 is 1.58 bits per heavy atom. The maximum atomic E-state index is 14.6. The van der Waals surface area contributed by atoms with Gasteiger partial charge in [0, 0.05) is 35.8 Å². The summed E-state index contributed by atoms with van der Waals surface area (Å²) in [7, 11) is 0. The molecule has 7 nitrogen and oxygen atoms in total. The van der Waals surface area contributed by atoms with Crippen LogP contribution in [0.15, 0.2) is 30.3 Å². The Morgan fingerprint density at radius 1 is 0.972 bits per heavy atom. The molecule has 1 fully saturated rings. The molecule has 1 aliphatic carbocycles. The van der Waals surface area contributed by atoms with E-state index in [0.717, 1.165) is 17.7 Å². The molecule has 10 heteroatoms. The first kappa shape index (κ1) is 27.4. The topological polar surface area (TPSA) is 93.7 Å². The lowest BCUT2D eigenvalue weighted by atomic mass is 9.87. The SMILES string of the molecule is CCOC(=O)[C@H]1CC[C@@H](Oc2cc(F)c(C(=O)NCCNC(=O)c3ccc(Cl)c(C)c3)c(F)c2)CC1. The Hall–Kier alpha value is -3.20. The van der Waals surface area contributed by atoms with Crippen LogP contribution in [0.2, 0.25) is 5.02 Å². The van der Waals surface area contributed by atoms with Crippen LogP contribution in [0.1, 0.15) is 58.9 Å². The Morgan fingerprint density at radius 3 is 2.17 bits per heavy atom. The number of aryl methyl sites for hydroxylation is 1. The van der Waals surface area contributed by atoms with Crippen molar-refractivity contribution in [1.82, 2.24) is 10.6 Å². The molecule has 0 aliphatic heterocycles. The van der Waals surface area contributed by atoms with Gasteiger partial charge in [-0.15, -0.1) is 0 Å². The first-order chi connectivity index (χ1) is 17.2. The van der Waals surface area contributed by atoms with Crippen LogP contribution in [-0.2, 0) is 9.53 Å². The fourth-order valence-electron chi connectivity index (χ4n) is 4.03. The maximum Gasteiger partial charge on any atom is 0.308 e. The molecule has 0 unspecified atom stereocenters. The third kappa shape index (κ3) is 7.16. The molecule has 0 spiro atoms. The first-order valence-electron chi connectivity index (χ1n) is 11.8. The van der Waals surface area contributed by atoms with Gasteiger partial charge in [-0.3, -0.25) is 14.4 Å². The van der Waals surface area contributed by atoms with Crippen molar-refractivity contribution in [3.05, 3.63) is 63.7 Å². The van der Waals surface area contributed by atoms with Gasteiger partial charge in [0.25, 0.3) is 11.8 Å². The second-order valence-electron chi connectivity index (χ2n) is 8.58. The molecule has 0 bridgehead atoms. The molecular weight excluding hydrogens is 494 g/mol. The van der Waals surface area contributed by atoms with Crippen molar-refractivity contribution in [3.8, 4) is 5.75 Å². The van der Waals surface area contributed by atoms with E-state index in [-0.39, 0.29) is 42.7 Å². The largest absolute Gasteiger partial charge is 0.490 e. The van der Waals surface area contributed by atoms with Gasteiger partial charge in [0.05, 0.1) is 18.6 Å². The van der Waals surface area contributed by atoms with Crippen molar-refractivity contribution in [2.24, 2.45) is 5.92 Å². The van der Waals surface area contributed by atoms with E-state index in [0.29, 0.717) is 42.9 Å². The second-order valence-corrected chi connectivity index (χ2v) is 8.99. The number of ether oxygens (including phenoxy) is 2. The summed E-state index contributed by atoms with van der Waals surface area (Å²) >= 11 is 5.95. The van der Waals surface area contributed by atoms with Gasteiger partial charge in [-0.05, 0) is 63.3 Å². The fraction of sp³-hybridized carbons (Fsp3) is 0.423. The Balaban J connectivity index is 1.48. The number of hydrogen-bond acceptors (Lipinski definition) is 5. The van der Waals surface area contributed by atoms with E-state index >= 15 is 0 Å². The van der Waals surface area contributed by atoms with Crippen LogP contribution in [-0.4, -0.2) is 43.6 Å². The summed E-state index contributed by atoms with van der Waals surface area (Å²) in [5.41, 5.74) is 0.429. The van der Waals surface area contributed by atoms with Crippen LogP contribution in [0.3, 0.4) is 0 Å². The molecule has 1 saturated carbocycles. The zero-order chi connectivity index (χ0) is 26.2. The third-order valence-corrected chi connectivity index (χ3v) is 6.38. The van der Waals surface area contributed by atoms with Crippen molar-refractivity contribution < 1.29 is 32.6 Å². The lowest BCUT2D eigenvalue weighted by Crippen LogP contribution is -2.35. The highest BCUT2D eigenvalue weighted by atomic mass is 35.5. The molecule has 0 heterocycles. The molecule has 0 atom stereocenters. The van der Waals surface area contributed by atoms with E-state index in [2.05, 4.69) is 10.6 Å². The lowest BCUT2D eigenvalue weighted by molar-refractivity contribution is -0.149. The van der Waals surface area contributed by atoms with E-state index in [1.54, 1.807) is 32.0 Å². The van der Waals surface area contributed by atoms with E-state index in [9.17, 15) is 23.2 Å². The minimum absolute atomic E-state index is 0.0216. The van der Waals surface area contributed by atoms with Crippen molar-refractivity contribution in [1.29, 1.82) is 0 Å². The van der Waals surface area contributed by atoms with Crippen LogP contribution >= 0.6 is 11.6 Å². The molecule has 0 aromatic heterocycles. The number of esters is 1. The third-order valence-electron chi connectivity index (χ3n) is 5.96. The summed E-state index contributed by atoms with van der Waals surface area (Å²) < 4.78 is 39.9. The smallest absolute Gasteiger partial charge is 0.308 e. The number of hydrogen-bond donors (Lipinski definition) is 2. The van der Waals surface area contributed by atoms with Gasteiger partial charge < -0.3 is 20.1 Å². The first-order valence-corrected chi connectivity index (χ1v) is 12.2. The van der Waals surface area contributed by atoms with Gasteiger partial charge in [0.2, 0.25) is 0 Å². The molecular formula is C26H29ClF2N2O5. The van der Waals surface area contributed by atoms with Gasteiger partial charge in [0.1, 0.15) is 22.9 Å². The molecule has 0 saturated heterocycles. The second kappa shape index (κ2) is 12.7. The predicted octanol–water partition coefficient (Wildman–Crippen LogP) is 4.59. The average molecular weight is 523 g/mol. The number of amides is 2. The number of carbonyl (C=O) groups is 3. The van der Waals surface area contributed by atoms with E-state index in [4.69, 9.17) is 21.1 Å². The van der Waals surface area contributed by atoms with Crippen molar-refractivity contribution in [2.75, 3.05) is 19.7 Å². The highest BCUT2D eigenvalue weighted by molar-refractivity contribution is 6.31. The number of benzene rings is 2. The van der Waals surface area contributed by atoms with E-state index in [1.165, 1.54) is 0 Å². The van der Waals surface area contributed by atoms with Crippen molar-refractivity contribution in [2.45, 2.75) is 45.6 Å². The maximum absolute atomic E-state index is 14.6. The van der Waals surface area contributed by atoms with Gasteiger partial charge in [-0.1, -0.05) is 11.6 Å². The highest BCUT2D eigenvalue weighted by Crippen LogP contribution is 2.30. The monoisotopic (exact) mass is 522 g/mol. The number of rotatable bonds is 9. The molecule has 0 radical (unpaired) electrons. The Bertz CT molecular complexity index is 1100. The molecule has 2 amide bonds. The number of halogens is 3. The van der Waals surface area contributed by atoms with Gasteiger partial charge in [-0.2, -0.15) is 0 Å². The van der Waals surface area contributed by atoms with Crippen molar-refractivity contribution >= 4 is 29.4 Å². The molecule has 1 aliphatic rings. The average Bonchev–Trinajstić information content (AvgIpc) is 2.83. The van der Waals surface area contributed by atoms with Crippen LogP contribution in [0.4, 0.5) is 8.78 Å². The lowest BCUT2D eigenvalue weighted by Gasteiger charge is -2.27. The molecule has 194 valence electrons. The van der Waals surface area contributed by atoms with E-state index in [1.807, 2.05) is 0 Å². The summed E-state index contributed by atoms with van der Waals surface area (Å²) in [5.74, 6) is -3.85. The van der Waals surface area contributed by atoms with Gasteiger partial charge >= 0.3 is 5.97 Å². The Labute approximate surface area is 213 Å². The molecule has 2 N–H and O–H groups in total. The molecule has 36 heavy (non-hydrogen) atoms. The van der Waals surface area contributed by atoms with Crippen LogP contribution in [0, 0.1) is 24.5 Å². The predicted molar refractivity (Wildman–Crippen MR) is 130 cm³/mol. The minimum atomic E-state index is -1.05. The highest BCUT2D eigenvalue weighted by Gasteiger charge is 2.29. The van der Waals surface area contributed by atoms with Crippen LogP contribution < -0.4 is 15.4 Å². The van der Waals surface area contributed by atoms with Crippen LogP contribution in [0.5, 0.6) is 5.75 Å². The summed E-state index contributed by atoms with van der Waals surface area (Å²) in [5, 5.41) is 5.56. The quantitative estimate of drug-likeness (QED) is 0.371. The zero-order valence-electron chi connectivity index (χ0n) is 20.2. The Kier molecular flexibility index (Phi) is 9.64. The van der Waals surface area contributed by atoms with Gasteiger partial charge in [-0.25, -0.2) is 8.78 Å². The minimum Gasteiger partial charge on any atom is -0.490 e. The summed E-state index contributed by atoms with van der Waals surface area (Å²) in [4.78, 5) is 36.4. The molecule has 2 aromatic rings. The summed E-state index contributed by atoms with van der Waals surface area (Å²) in [6.45, 7) is 3.88. The van der Waals surface area contributed by atoms with Crippen LogP contribution in [0.25, 0.3) is 0 Å². The fourth-order valence-corrected chi connectivity index (χ4v) is 4.15. The number of nitrogens with one attached hydrogen (secondary N) is 2. The number of carbonyl (C=O) groups excluding carboxylic acids is 3. The zero-order valence-corrected chi connectivity index (χ0v) is 20.9.